The van der Waals surface area contributed by atoms with Crippen molar-refractivity contribution in [3.8, 4) is 0 Å². The first-order valence-corrected chi connectivity index (χ1v) is 7.46. The summed E-state index contributed by atoms with van der Waals surface area (Å²) in [5.74, 6) is -0.0800. The largest absolute Gasteiger partial charge is 0.342 e. The average molecular weight is 286 g/mol. The van der Waals surface area contributed by atoms with E-state index in [1.807, 2.05) is 56.3 Å². The Bertz CT molecular complexity index is 525. The minimum absolute atomic E-state index is 0.00968. The molecule has 1 fully saturated rings. The highest BCUT2D eigenvalue weighted by molar-refractivity contribution is 5.97. The summed E-state index contributed by atoms with van der Waals surface area (Å²) in [5, 5.41) is 2.84. The third-order valence-corrected chi connectivity index (χ3v) is 3.75. The molecule has 21 heavy (non-hydrogen) atoms. The maximum absolute atomic E-state index is 12.6. The smallest absolute Gasteiger partial charge is 0.248 e. The molecule has 2 amide bonds. The topological polar surface area (TPSA) is 49.4 Å². The second-order valence-corrected chi connectivity index (χ2v) is 5.17. The van der Waals surface area contributed by atoms with Crippen LogP contribution < -0.4 is 5.32 Å². The lowest BCUT2D eigenvalue weighted by Crippen LogP contribution is -2.59. The molecule has 2 rings (SSSR count). The minimum Gasteiger partial charge on any atom is -0.342 e. The van der Waals surface area contributed by atoms with E-state index in [4.69, 9.17) is 0 Å². The number of benzene rings is 1. The lowest BCUT2D eigenvalue weighted by molar-refractivity contribution is -0.149. The van der Waals surface area contributed by atoms with Crippen LogP contribution in [0.25, 0.3) is 0 Å². The van der Waals surface area contributed by atoms with Gasteiger partial charge in [-0.1, -0.05) is 49.4 Å². The Morgan fingerprint density at radius 3 is 2.57 bits per heavy atom. The molecule has 2 unspecified atom stereocenters. The Morgan fingerprint density at radius 2 is 1.95 bits per heavy atom. The maximum Gasteiger partial charge on any atom is 0.248 e. The Hall–Kier alpha value is -2.10. The summed E-state index contributed by atoms with van der Waals surface area (Å²) in [7, 11) is 0. The first-order chi connectivity index (χ1) is 10.2. The van der Waals surface area contributed by atoms with Crippen LogP contribution in [-0.2, 0) is 9.59 Å². The summed E-state index contributed by atoms with van der Waals surface area (Å²) < 4.78 is 0. The first-order valence-electron chi connectivity index (χ1n) is 7.46. The van der Waals surface area contributed by atoms with Crippen LogP contribution in [0.5, 0.6) is 0 Å². The number of allylic oxidation sites excluding steroid dienone is 1. The van der Waals surface area contributed by atoms with Gasteiger partial charge in [0, 0.05) is 6.54 Å². The number of amides is 2. The van der Waals surface area contributed by atoms with Crippen molar-refractivity contribution in [1.29, 1.82) is 0 Å². The van der Waals surface area contributed by atoms with Crippen molar-refractivity contribution in [2.45, 2.75) is 38.8 Å². The predicted octanol–water partition coefficient (Wildman–Crippen LogP) is 2.43. The van der Waals surface area contributed by atoms with Gasteiger partial charge in [-0.05, 0) is 25.3 Å². The number of piperazine rings is 1. The highest BCUT2D eigenvalue weighted by Gasteiger charge is 2.39. The first kappa shape index (κ1) is 15.3. The van der Waals surface area contributed by atoms with Gasteiger partial charge in [-0.25, -0.2) is 0 Å². The normalized spacial score (nSPS) is 22.7. The van der Waals surface area contributed by atoms with Crippen LogP contribution in [0.15, 0.2) is 42.5 Å². The molecule has 0 bridgehead atoms. The van der Waals surface area contributed by atoms with E-state index in [2.05, 4.69) is 5.32 Å². The van der Waals surface area contributed by atoms with Crippen molar-refractivity contribution in [2.75, 3.05) is 6.54 Å². The van der Waals surface area contributed by atoms with Gasteiger partial charge in [0.2, 0.25) is 11.8 Å². The Labute approximate surface area is 125 Å². The van der Waals surface area contributed by atoms with Crippen LogP contribution in [0, 0.1) is 0 Å². The number of carbonyl (C=O) groups excluding carboxylic acids is 2. The summed E-state index contributed by atoms with van der Waals surface area (Å²) in [6.07, 6.45) is 5.35. The average Bonchev–Trinajstić information content (AvgIpc) is 2.51. The quantitative estimate of drug-likeness (QED) is 0.845. The van der Waals surface area contributed by atoms with Crippen LogP contribution in [0.2, 0.25) is 0 Å². The highest BCUT2D eigenvalue weighted by Crippen LogP contribution is 2.26. The third kappa shape index (κ3) is 3.32. The molecule has 0 radical (unpaired) electrons. The molecule has 1 aliphatic rings. The van der Waals surface area contributed by atoms with E-state index in [0.717, 1.165) is 12.0 Å². The number of rotatable bonds is 5. The van der Waals surface area contributed by atoms with E-state index >= 15 is 0 Å². The van der Waals surface area contributed by atoms with Gasteiger partial charge in [0.05, 0.1) is 0 Å². The van der Waals surface area contributed by atoms with Gasteiger partial charge < -0.3 is 10.2 Å². The van der Waals surface area contributed by atoms with E-state index in [-0.39, 0.29) is 11.8 Å². The molecule has 0 aliphatic carbocycles. The van der Waals surface area contributed by atoms with Crippen LogP contribution in [0.4, 0.5) is 0 Å². The van der Waals surface area contributed by atoms with Gasteiger partial charge in [-0.2, -0.15) is 0 Å². The lowest BCUT2D eigenvalue weighted by atomic mass is 9.98. The fourth-order valence-electron chi connectivity index (χ4n) is 2.64. The molecule has 2 atom stereocenters. The standard InChI is InChI=1S/C17H22N2O2/c1-3-5-9-12-19-15(13-10-7-6-8-11-13)16(20)18-14(4-2)17(19)21/h3,5-8,10-11,14-15H,4,9,12H2,1-2H3,(H,18,20)/b5-3+. The van der Waals surface area contributed by atoms with E-state index in [0.29, 0.717) is 13.0 Å². The number of hydrogen-bond donors (Lipinski definition) is 1. The van der Waals surface area contributed by atoms with Gasteiger partial charge in [0.15, 0.2) is 0 Å². The molecule has 1 aromatic carbocycles. The Morgan fingerprint density at radius 1 is 1.24 bits per heavy atom. The summed E-state index contributed by atoms with van der Waals surface area (Å²) in [6.45, 7) is 4.43. The predicted molar refractivity (Wildman–Crippen MR) is 82.5 cm³/mol. The van der Waals surface area contributed by atoms with Gasteiger partial charge in [0.25, 0.3) is 0 Å². The van der Waals surface area contributed by atoms with Crippen molar-refractivity contribution < 1.29 is 9.59 Å². The van der Waals surface area contributed by atoms with Crippen molar-refractivity contribution in [1.82, 2.24) is 10.2 Å². The molecule has 4 heteroatoms. The van der Waals surface area contributed by atoms with Crippen molar-refractivity contribution in [3.63, 3.8) is 0 Å². The highest BCUT2D eigenvalue weighted by atomic mass is 16.2. The summed E-state index contributed by atoms with van der Waals surface area (Å²) in [4.78, 5) is 26.7. The number of nitrogens with zero attached hydrogens (tertiary/aromatic N) is 1. The third-order valence-electron chi connectivity index (χ3n) is 3.75. The number of nitrogens with one attached hydrogen (secondary N) is 1. The zero-order valence-electron chi connectivity index (χ0n) is 12.6. The molecule has 0 aromatic heterocycles. The molecule has 1 saturated heterocycles. The van der Waals surface area contributed by atoms with Gasteiger partial charge >= 0.3 is 0 Å². The second kappa shape index (κ2) is 7.07. The Kier molecular flexibility index (Phi) is 5.14. The molecule has 4 nitrogen and oxygen atoms in total. The van der Waals surface area contributed by atoms with Crippen molar-refractivity contribution in [2.24, 2.45) is 0 Å². The van der Waals surface area contributed by atoms with Crippen LogP contribution in [0.3, 0.4) is 0 Å². The molecule has 1 N–H and O–H groups in total. The van der Waals surface area contributed by atoms with E-state index in [9.17, 15) is 9.59 Å². The molecule has 1 aliphatic heterocycles. The second-order valence-electron chi connectivity index (χ2n) is 5.17. The maximum atomic E-state index is 12.6. The number of hydrogen-bond acceptors (Lipinski definition) is 2. The monoisotopic (exact) mass is 286 g/mol. The zero-order valence-corrected chi connectivity index (χ0v) is 12.6. The van der Waals surface area contributed by atoms with E-state index < -0.39 is 12.1 Å². The molecule has 1 heterocycles. The molecule has 112 valence electrons. The summed E-state index contributed by atoms with van der Waals surface area (Å²) in [5.41, 5.74) is 0.860. The molecule has 0 saturated carbocycles. The van der Waals surface area contributed by atoms with Crippen LogP contribution >= 0.6 is 0 Å². The Balaban J connectivity index is 2.29. The molecular weight excluding hydrogens is 264 g/mol. The fourth-order valence-corrected chi connectivity index (χ4v) is 2.64. The summed E-state index contributed by atoms with van der Waals surface area (Å²) >= 11 is 0. The zero-order chi connectivity index (χ0) is 15.2. The van der Waals surface area contributed by atoms with Gasteiger partial charge in [-0.15, -0.1) is 0 Å². The molecular formula is C17H22N2O2. The van der Waals surface area contributed by atoms with Crippen LogP contribution in [-0.4, -0.2) is 29.3 Å². The molecule has 0 spiro atoms. The van der Waals surface area contributed by atoms with Crippen LogP contribution in [0.1, 0.15) is 38.3 Å². The van der Waals surface area contributed by atoms with Crippen molar-refractivity contribution >= 4 is 11.8 Å². The van der Waals surface area contributed by atoms with E-state index in [1.165, 1.54) is 0 Å². The van der Waals surface area contributed by atoms with Gasteiger partial charge in [-0.3, -0.25) is 9.59 Å². The molecule has 1 aromatic rings. The number of carbonyl (C=O) groups is 2. The lowest BCUT2D eigenvalue weighted by Gasteiger charge is -2.39. The minimum atomic E-state index is -0.522. The van der Waals surface area contributed by atoms with E-state index in [1.54, 1.807) is 4.90 Å². The van der Waals surface area contributed by atoms with Gasteiger partial charge in [0.1, 0.15) is 12.1 Å². The summed E-state index contributed by atoms with van der Waals surface area (Å²) in [6, 6.07) is 8.56. The fraction of sp³-hybridized carbons (Fsp3) is 0.412. The SMILES string of the molecule is C/C=C/CCN1C(=O)C(CC)NC(=O)C1c1ccccc1. The van der Waals surface area contributed by atoms with Crippen molar-refractivity contribution in [3.05, 3.63) is 48.0 Å².